The lowest BCUT2D eigenvalue weighted by Crippen LogP contribution is -2.45. The van der Waals surface area contributed by atoms with Gasteiger partial charge in [0.1, 0.15) is 11.0 Å². The van der Waals surface area contributed by atoms with E-state index in [0.29, 0.717) is 6.54 Å². The molecule has 0 saturated heterocycles. The van der Waals surface area contributed by atoms with E-state index in [4.69, 9.17) is 4.84 Å². The molecule has 0 atom stereocenters. The Kier molecular flexibility index (Phi) is 11.5. The highest BCUT2D eigenvalue weighted by atomic mass is 16.7. The highest BCUT2D eigenvalue weighted by Crippen LogP contribution is 2.24. The summed E-state index contributed by atoms with van der Waals surface area (Å²) in [6.07, 6.45) is 4.71. The molecule has 184 valence electrons. The lowest BCUT2D eigenvalue weighted by atomic mass is 9.91. The number of rotatable bonds is 16. The van der Waals surface area contributed by atoms with Crippen molar-refractivity contribution in [3.63, 3.8) is 0 Å². The molecule has 0 aliphatic heterocycles. The molecular weight excluding hydrogens is 416 g/mol. The van der Waals surface area contributed by atoms with Gasteiger partial charge in [-0.1, -0.05) is 17.0 Å². The number of aliphatic imine (C=N–C) groups is 2. The van der Waals surface area contributed by atoms with Crippen LogP contribution in [-0.2, 0) is 0 Å². The summed E-state index contributed by atoms with van der Waals surface area (Å²) in [4.78, 5) is 23.7. The Balaban J connectivity index is 2.22. The third kappa shape index (κ3) is 10.0. The van der Waals surface area contributed by atoms with E-state index in [-0.39, 0.29) is 0 Å². The third-order valence-electron chi connectivity index (χ3n) is 5.46. The van der Waals surface area contributed by atoms with Crippen molar-refractivity contribution in [3.05, 3.63) is 24.3 Å². The fraction of sp³-hybridized carbons (Fsp3) is 0.708. The van der Waals surface area contributed by atoms with E-state index in [0.717, 1.165) is 69.3 Å². The summed E-state index contributed by atoms with van der Waals surface area (Å²) in [5.74, 6) is 0. The Morgan fingerprint density at radius 2 is 1.48 bits per heavy atom. The molecule has 0 unspecified atom stereocenters. The van der Waals surface area contributed by atoms with Crippen LogP contribution in [0.15, 0.2) is 34.3 Å². The number of aromatic nitrogens is 3. The highest BCUT2D eigenvalue weighted by Gasteiger charge is 2.34. The lowest BCUT2D eigenvalue weighted by Gasteiger charge is -2.32. The van der Waals surface area contributed by atoms with E-state index in [1.165, 1.54) is 0 Å². The van der Waals surface area contributed by atoms with Crippen LogP contribution in [-0.4, -0.2) is 116 Å². The summed E-state index contributed by atoms with van der Waals surface area (Å²) >= 11 is 0. The summed E-state index contributed by atoms with van der Waals surface area (Å²) < 4.78 is 0. The normalized spacial score (nSPS) is 12.0. The Morgan fingerprint density at radius 3 is 2.12 bits per heavy atom. The van der Waals surface area contributed by atoms with Crippen LogP contribution < -0.4 is 4.84 Å². The molecule has 1 aromatic carbocycles. The van der Waals surface area contributed by atoms with Crippen LogP contribution in [0.1, 0.15) is 32.1 Å². The zero-order valence-electron chi connectivity index (χ0n) is 21.4. The van der Waals surface area contributed by atoms with Crippen LogP contribution in [0, 0.1) is 0 Å². The fourth-order valence-electron chi connectivity index (χ4n) is 3.68. The second kappa shape index (κ2) is 14.1. The Labute approximate surface area is 199 Å². The van der Waals surface area contributed by atoms with Gasteiger partial charge in [0.25, 0.3) is 0 Å². The van der Waals surface area contributed by atoms with Crippen LogP contribution >= 0.6 is 0 Å². The first-order valence-electron chi connectivity index (χ1n) is 11.8. The molecule has 0 aliphatic carbocycles. The van der Waals surface area contributed by atoms with Gasteiger partial charge in [-0.2, -0.15) is 0 Å². The topological polar surface area (TPSA) is 74.4 Å². The summed E-state index contributed by atoms with van der Waals surface area (Å²) in [6.45, 7) is 4.19. The average molecular weight is 459 g/mol. The molecule has 0 spiro atoms. The minimum atomic E-state index is -0.505. The number of fused-ring (bicyclic) bond motifs is 1. The first kappa shape index (κ1) is 26.9. The van der Waals surface area contributed by atoms with Gasteiger partial charge in [-0.25, -0.2) is 9.98 Å². The maximum absolute atomic E-state index is 6.60. The number of para-hydroxylation sites is 1. The molecular formula is C24H42N8O. The molecule has 1 heterocycles. The molecule has 0 bridgehead atoms. The van der Waals surface area contributed by atoms with Crippen molar-refractivity contribution in [1.82, 2.24) is 29.9 Å². The molecule has 0 radical (unpaired) electrons. The SMILES string of the molecule is CN(C)CCCN=C=NCC(CCCN(C)C)(CCCN(C)C)On1nnc2ccccc21. The smallest absolute Gasteiger partial charge is 0.158 e. The summed E-state index contributed by atoms with van der Waals surface area (Å²) in [5, 5.41) is 8.55. The quantitative estimate of drug-likeness (QED) is 0.284. The molecule has 0 aliphatic rings. The number of hydrogen-bond acceptors (Lipinski definition) is 8. The zero-order chi connectivity index (χ0) is 24.1. The molecule has 9 nitrogen and oxygen atoms in total. The third-order valence-corrected chi connectivity index (χ3v) is 5.46. The maximum Gasteiger partial charge on any atom is 0.158 e. The summed E-state index contributed by atoms with van der Waals surface area (Å²) in [5.41, 5.74) is 1.18. The van der Waals surface area contributed by atoms with Gasteiger partial charge in [0.2, 0.25) is 0 Å². The van der Waals surface area contributed by atoms with Crippen molar-refractivity contribution >= 4 is 17.0 Å². The van der Waals surface area contributed by atoms with Crippen molar-refractivity contribution in [2.24, 2.45) is 9.98 Å². The molecule has 0 fully saturated rings. The molecule has 2 aromatic rings. The first-order valence-corrected chi connectivity index (χ1v) is 11.8. The zero-order valence-corrected chi connectivity index (χ0v) is 21.4. The van der Waals surface area contributed by atoms with Crippen molar-refractivity contribution in [2.75, 3.05) is 75.0 Å². The van der Waals surface area contributed by atoms with Crippen molar-refractivity contribution in [1.29, 1.82) is 0 Å². The lowest BCUT2D eigenvalue weighted by molar-refractivity contribution is -0.0737. The maximum atomic E-state index is 6.60. The van der Waals surface area contributed by atoms with E-state index >= 15 is 0 Å². The molecule has 0 saturated carbocycles. The van der Waals surface area contributed by atoms with Crippen LogP contribution in [0.25, 0.3) is 11.0 Å². The van der Waals surface area contributed by atoms with Crippen molar-refractivity contribution < 1.29 is 4.84 Å². The molecule has 0 N–H and O–H groups in total. The van der Waals surface area contributed by atoms with E-state index in [1.54, 1.807) is 4.85 Å². The van der Waals surface area contributed by atoms with Gasteiger partial charge in [-0.05, 0) is 111 Å². The largest absolute Gasteiger partial charge is 0.386 e. The summed E-state index contributed by atoms with van der Waals surface area (Å²) in [6, 6.07) is 10.8. The fourth-order valence-corrected chi connectivity index (χ4v) is 3.68. The van der Waals surface area contributed by atoms with E-state index < -0.39 is 5.60 Å². The van der Waals surface area contributed by atoms with Gasteiger partial charge in [0.05, 0.1) is 19.1 Å². The minimum Gasteiger partial charge on any atom is -0.386 e. The average Bonchev–Trinajstić information content (AvgIpc) is 3.15. The van der Waals surface area contributed by atoms with Gasteiger partial charge in [-0.15, -0.1) is 5.10 Å². The Hall–Kier alpha value is -2.32. The van der Waals surface area contributed by atoms with Crippen LogP contribution in [0.4, 0.5) is 0 Å². The van der Waals surface area contributed by atoms with Crippen LogP contribution in [0.3, 0.4) is 0 Å². The predicted octanol–water partition coefficient (Wildman–Crippen LogP) is 2.41. The molecule has 33 heavy (non-hydrogen) atoms. The van der Waals surface area contributed by atoms with Gasteiger partial charge in [-0.3, -0.25) is 0 Å². The van der Waals surface area contributed by atoms with Crippen LogP contribution in [0.5, 0.6) is 0 Å². The van der Waals surface area contributed by atoms with Gasteiger partial charge < -0.3 is 19.5 Å². The predicted molar refractivity (Wildman–Crippen MR) is 135 cm³/mol. The van der Waals surface area contributed by atoms with E-state index in [9.17, 15) is 0 Å². The number of benzene rings is 1. The minimum absolute atomic E-state index is 0.485. The Morgan fingerprint density at radius 1 is 0.879 bits per heavy atom. The van der Waals surface area contributed by atoms with E-state index in [2.05, 4.69) is 83.3 Å². The molecule has 0 amide bonds. The van der Waals surface area contributed by atoms with Gasteiger partial charge in [0, 0.05) is 0 Å². The molecule has 2 rings (SSSR count). The molecule has 1 aromatic heterocycles. The second-order valence-electron chi connectivity index (χ2n) is 9.49. The second-order valence-corrected chi connectivity index (χ2v) is 9.49. The van der Waals surface area contributed by atoms with E-state index in [1.807, 2.05) is 24.3 Å². The highest BCUT2D eigenvalue weighted by molar-refractivity contribution is 5.73. The standard InChI is InChI=1S/C24H42N8O/c1-29(2)17-9-14-24(15-10-18-30(3)4,20-26-21-25-16-11-19-31(5)6)33-32-23-13-8-7-12-22(23)27-28-32/h7-8,12-13H,9-11,14-20H2,1-6H3. The number of hydrogen-bond donors (Lipinski definition) is 0. The van der Waals surface area contributed by atoms with Crippen molar-refractivity contribution in [2.45, 2.75) is 37.7 Å². The summed E-state index contributed by atoms with van der Waals surface area (Å²) in [7, 11) is 12.5. The van der Waals surface area contributed by atoms with Crippen molar-refractivity contribution in [3.8, 4) is 0 Å². The van der Waals surface area contributed by atoms with Gasteiger partial charge in [0.15, 0.2) is 5.60 Å². The molecule has 9 heteroatoms. The monoisotopic (exact) mass is 458 g/mol. The van der Waals surface area contributed by atoms with Gasteiger partial charge >= 0.3 is 0 Å². The van der Waals surface area contributed by atoms with Crippen LogP contribution in [0.2, 0.25) is 0 Å². The Bertz CT molecular complexity index is 856. The first-order chi connectivity index (χ1) is 15.8. The number of nitrogens with zero attached hydrogens (tertiary/aromatic N) is 8.